The quantitative estimate of drug-likeness (QED) is 0.809. The Labute approximate surface area is 143 Å². The number of hydrogen-bond acceptors (Lipinski definition) is 3. The predicted molar refractivity (Wildman–Crippen MR) is 95.5 cm³/mol. The Balaban J connectivity index is 2.02. The highest BCUT2D eigenvalue weighted by Crippen LogP contribution is 2.52. The molecule has 1 atom stereocenters. The molecule has 122 valence electrons. The molecule has 0 N–H and O–H groups in total. The van der Waals surface area contributed by atoms with E-state index in [0.29, 0.717) is 12.6 Å². The molecule has 24 heavy (non-hydrogen) atoms. The van der Waals surface area contributed by atoms with Crippen molar-refractivity contribution in [3.05, 3.63) is 47.0 Å². The zero-order valence-electron chi connectivity index (χ0n) is 14.1. The normalized spacial score (nSPS) is 18.3. The van der Waals surface area contributed by atoms with Crippen molar-refractivity contribution in [2.45, 2.75) is 18.9 Å². The number of terminal acetylenes is 1. The molecule has 2 aromatic carbocycles. The van der Waals surface area contributed by atoms with Gasteiger partial charge in [0.25, 0.3) is 0 Å². The lowest BCUT2D eigenvalue weighted by molar-refractivity contribution is 0.205. The third kappa shape index (κ3) is 2.11. The van der Waals surface area contributed by atoms with Crippen LogP contribution in [-0.2, 0) is 12.8 Å². The molecule has 1 aliphatic carbocycles. The van der Waals surface area contributed by atoms with Crippen LogP contribution < -0.4 is 9.47 Å². The number of fused-ring (bicyclic) bond motifs is 2. The van der Waals surface area contributed by atoms with E-state index in [0.717, 1.165) is 30.9 Å². The average Bonchev–Trinajstić information content (AvgIpc) is 2.63. The lowest BCUT2D eigenvalue weighted by Crippen LogP contribution is -2.38. The summed E-state index contributed by atoms with van der Waals surface area (Å²) in [6.07, 6.45) is 7.59. The summed E-state index contributed by atoms with van der Waals surface area (Å²) < 4.78 is 11.4. The Hall–Kier alpha value is -2.44. The van der Waals surface area contributed by atoms with Gasteiger partial charge in [-0.25, -0.2) is 0 Å². The minimum atomic E-state index is 0.314. The molecule has 4 rings (SSSR count). The van der Waals surface area contributed by atoms with Crippen LogP contribution >= 0.6 is 0 Å². The number of methoxy groups -OCH3 is 2. The molecule has 0 saturated carbocycles. The highest BCUT2D eigenvalue weighted by atomic mass is 16.5. The second-order valence-corrected chi connectivity index (χ2v) is 6.36. The van der Waals surface area contributed by atoms with E-state index in [2.05, 4.69) is 41.2 Å². The van der Waals surface area contributed by atoms with Gasteiger partial charge in [0.1, 0.15) is 0 Å². The second kappa shape index (κ2) is 5.89. The van der Waals surface area contributed by atoms with Crippen molar-refractivity contribution in [1.82, 2.24) is 4.90 Å². The van der Waals surface area contributed by atoms with Crippen LogP contribution in [0, 0.1) is 12.3 Å². The predicted octanol–water partition coefficient (Wildman–Crippen LogP) is 3.46. The van der Waals surface area contributed by atoms with E-state index in [1.807, 2.05) is 0 Å². The average molecular weight is 319 g/mol. The number of rotatable bonds is 3. The standard InChI is InChI=1S/C21H21NO2/c1-4-10-22-11-9-15-13-18(23-2)21(24-3)20-16-8-6-5-7-14(16)12-17(22)19(15)20/h1,5-8,13,17H,9-12H2,2-3H3. The molecule has 0 fully saturated rings. The van der Waals surface area contributed by atoms with Gasteiger partial charge in [-0.2, -0.15) is 0 Å². The molecule has 0 saturated heterocycles. The van der Waals surface area contributed by atoms with Gasteiger partial charge in [0.15, 0.2) is 11.5 Å². The number of ether oxygens (including phenoxy) is 2. The molecule has 1 aliphatic heterocycles. The summed E-state index contributed by atoms with van der Waals surface area (Å²) in [6.45, 7) is 1.67. The topological polar surface area (TPSA) is 21.7 Å². The number of benzene rings is 2. The molecule has 2 aliphatic rings. The van der Waals surface area contributed by atoms with Crippen molar-refractivity contribution in [2.24, 2.45) is 0 Å². The SMILES string of the molecule is C#CCN1CCc2cc(OC)c(OC)c3c2C1Cc1ccccc1-3. The van der Waals surface area contributed by atoms with Gasteiger partial charge in [0.05, 0.1) is 20.8 Å². The number of hydrogen-bond donors (Lipinski definition) is 0. The van der Waals surface area contributed by atoms with Gasteiger partial charge in [-0.1, -0.05) is 30.2 Å². The minimum Gasteiger partial charge on any atom is -0.493 e. The Morgan fingerprint density at radius 1 is 1.21 bits per heavy atom. The van der Waals surface area contributed by atoms with E-state index in [1.165, 1.54) is 27.8 Å². The van der Waals surface area contributed by atoms with Gasteiger partial charge in [0.2, 0.25) is 0 Å². The van der Waals surface area contributed by atoms with Crippen molar-refractivity contribution < 1.29 is 9.47 Å². The van der Waals surface area contributed by atoms with Gasteiger partial charge in [0, 0.05) is 18.2 Å². The molecule has 0 aromatic heterocycles. The first-order chi connectivity index (χ1) is 11.8. The van der Waals surface area contributed by atoms with E-state index >= 15 is 0 Å². The molecular weight excluding hydrogens is 298 g/mol. The van der Waals surface area contributed by atoms with Crippen LogP contribution in [-0.4, -0.2) is 32.2 Å². The fourth-order valence-electron chi connectivity index (χ4n) is 4.21. The van der Waals surface area contributed by atoms with Crippen LogP contribution in [0.1, 0.15) is 22.7 Å². The lowest BCUT2D eigenvalue weighted by Gasteiger charge is -2.41. The molecule has 3 heteroatoms. The summed E-state index contributed by atoms with van der Waals surface area (Å²) in [5.74, 6) is 4.46. The zero-order chi connectivity index (χ0) is 16.7. The summed E-state index contributed by atoms with van der Waals surface area (Å²) in [5, 5.41) is 0. The molecule has 0 amide bonds. The molecule has 1 unspecified atom stereocenters. The monoisotopic (exact) mass is 319 g/mol. The van der Waals surface area contributed by atoms with E-state index < -0.39 is 0 Å². The van der Waals surface area contributed by atoms with E-state index in [1.54, 1.807) is 14.2 Å². The van der Waals surface area contributed by atoms with Gasteiger partial charge in [-0.3, -0.25) is 4.90 Å². The fraction of sp³-hybridized carbons (Fsp3) is 0.333. The van der Waals surface area contributed by atoms with Crippen molar-refractivity contribution in [3.8, 4) is 35.0 Å². The summed E-state index contributed by atoms with van der Waals surface area (Å²) in [4.78, 5) is 2.41. The first-order valence-corrected chi connectivity index (χ1v) is 8.32. The molecule has 2 aromatic rings. The molecule has 3 nitrogen and oxygen atoms in total. The maximum Gasteiger partial charge on any atom is 0.168 e. The Morgan fingerprint density at radius 3 is 2.79 bits per heavy atom. The van der Waals surface area contributed by atoms with Gasteiger partial charge >= 0.3 is 0 Å². The van der Waals surface area contributed by atoms with Gasteiger partial charge in [-0.05, 0) is 41.2 Å². The Morgan fingerprint density at radius 2 is 2.04 bits per heavy atom. The van der Waals surface area contributed by atoms with E-state index in [-0.39, 0.29) is 0 Å². The molecule has 0 radical (unpaired) electrons. The van der Waals surface area contributed by atoms with Gasteiger partial charge in [-0.15, -0.1) is 6.42 Å². The largest absolute Gasteiger partial charge is 0.493 e. The second-order valence-electron chi connectivity index (χ2n) is 6.36. The third-order valence-corrected chi connectivity index (χ3v) is 5.23. The first-order valence-electron chi connectivity index (χ1n) is 8.32. The fourth-order valence-corrected chi connectivity index (χ4v) is 4.21. The highest BCUT2D eigenvalue weighted by Gasteiger charge is 2.36. The summed E-state index contributed by atoms with van der Waals surface area (Å²) in [5.41, 5.74) is 6.50. The number of nitrogens with zero attached hydrogens (tertiary/aromatic N) is 1. The van der Waals surface area contributed by atoms with Crippen LogP contribution in [0.25, 0.3) is 11.1 Å². The highest BCUT2D eigenvalue weighted by molar-refractivity contribution is 5.83. The lowest BCUT2D eigenvalue weighted by atomic mass is 9.76. The van der Waals surface area contributed by atoms with Crippen LogP contribution in [0.4, 0.5) is 0 Å². The zero-order valence-corrected chi connectivity index (χ0v) is 14.1. The first kappa shape index (κ1) is 15.1. The molecule has 0 spiro atoms. The summed E-state index contributed by atoms with van der Waals surface area (Å²) >= 11 is 0. The minimum absolute atomic E-state index is 0.314. The molecule has 0 bridgehead atoms. The van der Waals surface area contributed by atoms with Gasteiger partial charge < -0.3 is 9.47 Å². The summed E-state index contributed by atoms with van der Waals surface area (Å²) in [6, 6.07) is 11.0. The van der Waals surface area contributed by atoms with E-state index in [9.17, 15) is 0 Å². The van der Waals surface area contributed by atoms with Crippen LogP contribution in [0.2, 0.25) is 0 Å². The van der Waals surface area contributed by atoms with Crippen molar-refractivity contribution in [2.75, 3.05) is 27.3 Å². The van der Waals surface area contributed by atoms with Crippen LogP contribution in [0.5, 0.6) is 11.5 Å². The van der Waals surface area contributed by atoms with Crippen LogP contribution in [0.15, 0.2) is 30.3 Å². The molecular formula is C21H21NO2. The van der Waals surface area contributed by atoms with Crippen molar-refractivity contribution in [1.29, 1.82) is 0 Å². The maximum absolute atomic E-state index is 5.77. The smallest absolute Gasteiger partial charge is 0.168 e. The Kier molecular flexibility index (Phi) is 3.70. The maximum atomic E-state index is 5.77. The summed E-state index contributed by atoms with van der Waals surface area (Å²) in [7, 11) is 3.42. The van der Waals surface area contributed by atoms with Crippen molar-refractivity contribution in [3.63, 3.8) is 0 Å². The molecule has 1 heterocycles. The van der Waals surface area contributed by atoms with Crippen molar-refractivity contribution >= 4 is 0 Å². The Bertz CT molecular complexity index is 834. The third-order valence-electron chi connectivity index (χ3n) is 5.23. The van der Waals surface area contributed by atoms with E-state index in [4.69, 9.17) is 15.9 Å². The van der Waals surface area contributed by atoms with Crippen LogP contribution in [0.3, 0.4) is 0 Å².